The average molecular weight is 597 g/mol. The van der Waals surface area contributed by atoms with Crippen molar-refractivity contribution >= 4 is 55.3 Å². The van der Waals surface area contributed by atoms with Gasteiger partial charge in [-0.2, -0.15) is 0 Å². The number of para-hydroxylation sites is 3. The number of rotatable bonds is 4. The fourth-order valence-corrected chi connectivity index (χ4v) is 6.81. The van der Waals surface area contributed by atoms with Gasteiger partial charge in [-0.3, -0.25) is 0 Å². The van der Waals surface area contributed by atoms with Crippen LogP contribution in [0.2, 0.25) is 5.02 Å². The van der Waals surface area contributed by atoms with E-state index in [1.165, 1.54) is 16.3 Å². The molecule has 0 unspecified atom stereocenters. The maximum atomic E-state index is 6.42. The number of fused-ring (bicyclic) bond motifs is 6. The zero-order valence-corrected chi connectivity index (χ0v) is 24.9. The van der Waals surface area contributed by atoms with Crippen LogP contribution in [0.15, 0.2) is 152 Å². The van der Waals surface area contributed by atoms with E-state index in [4.69, 9.17) is 21.6 Å². The second-order valence-corrected chi connectivity index (χ2v) is 11.6. The highest BCUT2D eigenvalue weighted by molar-refractivity contribution is 6.30. The molecule has 0 fully saturated rings. The third-order valence-electron chi connectivity index (χ3n) is 8.57. The molecular formula is C40H25ClN4. The quantitative estimate of drug-likeness (QED) is 0.202. The first kappa shape index (κ1) is 25.8. The molecule has 45 heavy (non-hydrogen) atoms. The Balaban J connectivity index is 1.39. The molecule has 212 valence electrons. The molecule has 0 aliphatic heterocycles. The SMILES string of the molecule is Clc1cccc(-c2nc(-c3ccccc3)c3c(n2)c2ccccc2n3-c2ccc3c(c2)c2ccccc2n3-c2ccccc2)c1. The fraction of sp³-hybridized carbons (Fsp3) is 0. The van der Waals surface area contributed by atoms with E-state index in [9.17, 15) is 0 Å². The summed E-state index contributed by atoms with van der Waals surface area (Å²) in [6, 6.07) is 52.5. The Morgan fingerprint density at radius 1 is 0.444 bits per heavy atom. The van der Waals surface area contributed by atoms with Gasteiger partial charge in [-0.15, -0.1) is 0 Å². The van der Waals surface area contributed by atoms with Crippen molar-refractivity contribution in [3.8, 4) is 34.0 Å². The predicted octanol–water partition coefficient (Wildman–Crippen LogP) is 10.7. The van der Waals surface area contributed by atoms with E-state index in [1.807, 2.05) is 30.3 Å². The van der Waals surface area contributed by atoms with Crippen molar-refractivity contribution in [2.45, 2.75) is 0 Å². The van der Waals surface area contributed by atoms with Crippen molar-refractivity contribution < 1.29 is 0 Å². The van der Waals surface area contributed by atoms with E-state index >= 15 is 0 Å². The van der Waals surface area contributed by atoms with Gasteiger partial charge in [0.15, 0.2) is 5.82 Å². The first-order valence-electron chi connectivity index (χ1n) is 15.0. The summed E-state index contributed by atoms with van der Waals surface area (Å²) in [5, 5.41) is 4.13. The van der Waals surface area contributed by atoms with Crippen LogP contribution in [-0.4, -0.2) is 19.1 Å². The number of halogens is 1. The third kappa shape index (κ3) is 4.07. The highest BCUT2D eigenvalue weighted by Crippen LogP contribution is 2.40. The van der Waals surface area contributed by atoms with Crippen LogP contribution < -0.4 is 0 Å². The molecule has 0 aliphatic carbocycles. The Hall–Kier alpha value is -5.71. The lowest BCUT2D eigenvalue weighted by Crippen LogP contribution is -2.00. The van der Waals surface area contributed by atoms with Gasteiger partial charge in [0.05, 0.1) is 27.8 Å². The number of nitrogens with zero attached hydrogens (tertiary/aromatic N) is 4. The first-order chi connectivity index (χ1) is 22.2. The van der Waals surface area contributed by atoms with Crippen LogP contribution in [0, 0.1) is 0 Å². The Kier molecular flexibility index (Phi) is 5.83. The minimum absolute atomic E-state index is 0.646. The van der Waals surface area contributed by atoms with Gasteiger partial charge in [-0.05, 0) is 54.6 Å². The van der Waals surface area contributed by atoms with Gasteiger partial charge in [0.25, 0.3) is 0 Å². The highest BCUT2D eigenvalue weighted by Gasteiger charge is 2.22. The zero-order chi connectivity index (χ0) is 29.9. The molecule has 9 aromatic rings. The van der Waals surface area contributed by atoms with E-state index in [1.54, 1.807) is 0 Å². The van der Waals surface area contributed by atoms with Crippen LogP contribution in [0.25, 0.3) is 77.8 Å². The van der Waals surface area contributed by atoms with Gasteiger partial charge >= 0.3 is 0 Å². The molecule has 0 saturated carbocycles. The first-order valence-corrected chi connectivity index (χ1v) is 15.3. The van der Waals surface area contributed by atoms with E-state index in [0.29, 0.717) is 10.8 Å². The molecule has 0 bridgehead atoms. The van der Waals surface area contributed by atoms with Crippen molar-refractivity contribution in [1.29, 1.82) is 0 Å². The summed E-state index contributed by atoms with van der Waals surface area (Å²) >= 11 is 6.42. The summed E-state index contributed by atoms with van der Waals surface area (Å²) in [6.45, 7) is 0. The fourth-order valence-electron chi connectivity index (χ4n) is 6.62. The number of benzene rings is 6. The summed E-state index contributed by atoms with van der Waals surface area (Å²) in [5.41, 5.74) is 10.3. The second-order valence-electron chi connectivity index (χ2n) is 11.2. The lowest BCUT2D eigenvalue weighted by molar-refractivity contribution is 1.15. The lowest BCUT2D eigenvalue weighted by Gasteiger charge is -2.13. The molecule has 6 aromatic carbocycles. The molecule has 0 spiro atoms. The minimum atomic E-state index is 0.646. The maximum Gasteiger partial charge on any atom is 0.160 e. The smallest absolute Gasteiger partial charge is 0.160 e. The summed E-state index contributed by atoms with van der Waals surface area (Å²) in [7, 11) is 0. The third-order valence-corrected chi connectivity index (χ3v) is 8.80. The van der Waals surface area contributed by atoms with E-state index in [2.05, 4.69) is 130 Å². The second kappa shape index (κ2) is 10.2. The molecule has 0 amide bonds. The van der Waals surface area contributed by atoms with Crippen LogP contribution in [0.4, 0.5) is 0 Å². The molecule has 4 nitrogen and oxygen atoms in total. The van der Waals surface area contributed by atoms with Crippen LogP contribution in [0.5, 0.6) is 0 Å². The van der Waals surface area contributed by atoms with Gasteiger partial charge in [-0.25, -0.2) is 9.97 Å². The topological polar surface area (TPSA) is 35.6 Å². The molecule has 0 atom stereocenters. The molecule has 3 aromatic heterocycles. The van der Waals surface area contributed by atoms with Crippen molar-refractivity contribution in [3.05, 3.63) is 157 Å². The maximum absolute atomic E-state index is 6.42. The molecule has 0 N–H and O–H groups in total. The van der Waals surface area contributed by atoms with Crippen molar-refractivity contribution in [2.75, 3.05) is 0 Å². The highest BCUT2D eigenvalue weighted by atomic mass is 35.5. The number of hydrogen-bond donors (Lipinski definition) is 0. The molecular weight excluding hydrogens is 572 g/mol. The van der Waals surface area contributed by atoms with Crippen molar-refractivity contribution in [1.82, 2.24) is 19.1 Å². The van der Waals surface area contributed by atoms with Crippen molar-refractivity contribution in [3.63, 3.8) is 0 Å². The zero-order valence-electron chi connectivity index (χ0n) is 24.1. The predicted molar refractivity (Wildman–Crippen MR) is 187 cm³/mol. The van der Waals surface area contributed by atoms with E-state index in [0.717, 1.165) is 55.6 Å². The van der Waals surface area contributed by atoms with Crippen LogP contribution in [0.1, 0.15) is 0 Å². The number of aromatic nitrogens is 4. The summed E-state index contributed by atoms with van der Waals surface area (Å²) in [6.07, 6.45) is 0. The monoisotopic (exact) mass is 596 g/mol. The molecule has 5 heteroatoms. The van der Waals surface area contributed by atoms with Crippen molar-refractivity contribution in [2.24, 2.45) is 0 Å². The van der Waals surface area contributed by atoms with Gasteiger partial charge in [-0.1, -0.05) is 109 Å². The van der Waals surface area contributed by atoms with E-state index < -0.39 is 0 Å². The van der Waals surface area contributed by atoms with Gasteiger partial charge in [0.2, 0.25) is 0 Å². The molecule has 0 saturated heterocycles. The Bertz CT molecular complexity index is 2550. The molecule has 0 radical (unpaired) electrons. The van der Waals surface area contributed by atoms with Crippen LogP contribution >= 0.6 is 11.6 Å². The number of hydrogen-bond acceptors (Lipinski definition) is 2. The van der Waals surface area contributed by atoms with Crippen LogP contribution in [-0.2, 0) is 0 Å². The van der Waals surface area contributed by atoms with Crippen LogP contribution in [0.3, 0.4) is 0 Å². The summed E-state index contributed by atoms with van der Waals surface area (Å²) < 4.78 is 4.67. The Morgan fingerprint density at radius 2 is 1.09 bits per heavy atom. The average Bonchev–Trinajstić information content (AvgIpc) is 3.61. The summed E-state index contributed by atoms with van der Waals surface area (Å²) in [5.74, 6) is 0.646. The minimum Gasteiger partial charge on any atom is -0.309 e. The summed E-state index contributed by atoms with van der Waals surface area (Å²) in [4.78, 5) is 10.4. The van der Waals surface area contributed by atoms with Gasteiger partial charge in [0, 0.05) is 43.7 Å². The molecule has 3 heterocycles. The van der Waals surface area contributed by atoms with Gasteiger partial charge < -0.3 is 9.13 Å². The standard InChI is InChI=1S/C40H25ClN4/c41-28-15-11-14-27(24-28)40-42-37(26-12-3-1-4-13-26)39-38(43-40)32-19-8-10-21-35(32)45(39)30-22-23-36-33(25-30)31-18-7-9-20-34(31)44(36)29-16-5-2-6-17-29/h1-25H. The lowest BCUT2D eigenvalue weighted by atomic mass is 10.1. The molecule has 0 aliphatic rings. The largest absolute Gasteiger partial charge is 0.309 e. The van der Waals surface area contributed by atoms with E-state index in [-0.39, 0.29) is 0 Å². The Labute approximate surface area is 264 Å². The normalized spacial score (nSPS) is 11.7. The van der Waals surface area contributed by atoms with Gasteiger partial charge in [0.1, 0.15) is 5.52 Å². The molecule has 9 rings (SSSR count). The Morgan fingerprint density at radius 3 is 1.87 bits per heavy atom.